The average Bonchev–Trinajstić information content (AvgIpc) is 3.88. The van der Waals surface area contributed by atoms with E-state index < -0.39 is 0 Å². The second-order valence-electron chi connectivity index (χ2n) is 14.6. The molecule has 0 fully saturated rings. The maximum absolute atomic E-state index is 15.8. The van der Waals surface area contributed by atoms with Crippen molar-refractivity contribution in [3.05, 3.63) is 56.2 Å². The Kier molecular flexibility index (Phi) is 19.3. The van der Waals surface area contributed by atoms with Crippen molar-refractivity contribution in [2.45, 2.75) is 163 Å². The molecular formula is C43H61BrF2S4. The van der Waals surface area contributed by atoms with Crippen LogP contribution in [-0.4, -0.2) is 0 Å². The Morgan fingerprint density at radius 1 is 0.560 bits per heavy atom. The van der Waals surface area contributed by atoms with E-state index in [-0.39, 0.29) is 11.6 Å². The summed E-state index contributed by atoms with van der Waals surface area (Å²) in [7, 11) is 0. The summed E-state index contributed by atoms with van der Waals surface area (Å²) in [6.07, 6.45) is 26.8. The highest BCUT2D eigenvalue weighted by atomic mass is 79.9. The van der Waals surface area contributed by atoms with Crippen molar-refractivity contribution in [3.63, 3.8) is 0 Å². The van der Waals surface area contributed by atoms with Crippen LogP contribution in [0.3, 0.4) is 0 Å². The van der Waals surface area contributed by atoms with E-state index in [4.69, 9.17) is 0 Å². The second-order valence-corrected chi connectivity index (χ2v) is 20.0. The fourth-order valence-corrected chi connectivity index (χ4v) is 12.3. The van der Waals surface area contributed by atoms with Gasteiger partial charge in [0.25, 0.3) is 0 Å². The lowest BCUT2D eigenvalue weighted by molar-refractivity contribution is 0.403. The van der Waals surface area contributed by atoms with E-state index in [9.17, 15) is 0 Å². The molecule has 0 aliphatic heterocycles. The Morgan fingerprint density at radius 3 is 1.64 bits per heavy atom. The van der Waals surface area contributed by atoms with Crippen LogP contribution in [0.4, 0.5) is 8.78 Å². The summed E-state index contributed by atoms with van der Waals surface area (Å²) >= 11 is 9.97. The van der Waals surface area contributed by atoms with Gasteiger partial charge in [-0.1, -0.05) is 150 Å². The van der Waals surface area contributed by atoms with E-state index in [0.29, 0.717) is 21.6 Å². The standard InChI is InChI=1S/C43H61BrF2S4/c1-5-8-11-14-16-18-21-31(4)26-33-24-25-47-40(33)37-29-35(45)42(48-37)43-36(46)30-38(49-43)41-34(28-39(44)50-41)27-32(22-19-13-10-7-3)23-20-17-15-12-9-6-2/h24-25,28-32H,5-23,26-27H2,1-4H3. The lowest BCUT2D eigenvalue weighted by Crippen LogP contribution is -2.05. The fourth-order valence-electron chi connectivity index (χ4n) is 7.22. The third kappa shape index (κ3) is 13.2. The highest BCUT2D eigenvalue weighted by Crippen LogP contribution is 2.48. The van der Waals surface area contributed by atoms with Gasteiger partial charge in [-0.3, -0.25) is 0 Å². The first kappa shape index (κ1) is 41.9. The largest absolute Gasteiger partial charge is 0.205 e. The Hall–Kier alpha value is -0.860. The first-order chi connectivity index (χ1) is 24.3. The Balaban J connectivity index is 1.46. The molecule has 2 unspecified atom stereocenters. The van der Waals surface area contributed by atoms with E-state index in [0.717, 1.165) is 36.1 Å². The molecule has 2 atom stereocenters. The van der Waals surface area contributed by atoms with Gasteiger partial charge in [0.05, 0.1) is 13.5 Å². The molecule has 0 bridgehead atoms. The predicted molar refractivity (Wildman–Crippen MR) is 227 cm³/mol. The third-order valence-corrected chi connectivity index (χ3v) is 15.5. The first-order valence-corrected chi connectivity index (χ1v) is 23.9. The zero-order chi connectivity index (χ0) is 35.7. The number of rotatable bonds is 26. The van der Waals surface area contributed by atoms with E-state index in [1.165, 1.54) is 156 Å². The fraction of sp³-hybridized carbons (Fsp3) is 0.628. The number of unbranched alkanes of at least 4 members (excludes halogenated alkanes) is 13. The summed E-state index contributed by atoms with van der Waals surface area (Å²) < 4.78 is 32.5. The van der Waals surface area contributed by atoms with Gasteiger partial charge >= 0.3 is 0 Å². The normalized spacial score (nSPS) is 13.0. The predicted octanol–water partition coefficient (Wildman–Crippen LogP) is 17.8. The van der Waals surface area contributed by atoms with Gasteiger partial charge in [-0.15, -0.1) is 45.3 Å². The minimum absolute atomic E-state index is 0.310. The summed E-state index contributed by atoms with van der Waals surface area (Å²) in [5, 5.41) is 2.13. The minimum atomic E-state index is -0.310. The molecular weight excluding hydrogens is 763 g/mol. The summed E-state index contributed by atoms with van der Waals surface area (Å²) in [6.45, 7) is 9.16. The van der Waals surface area contributed by atoms with Crippen LogP contribution < -0.4 is 0 Å². The van der Waals surface area contributed by atoms with Gasteiger partial charge < -0.3 is 0 Å². The van der Waals surface area contributed by atoms with Crippen molar-refractivity contribution in [1.29, 1.82) is 0 Å². The summed E-state index contributed by atoms with van der Waals surface area (Å²) in [4.78, 5) is 4.99. The van der Waals surface area contributed by atoms with Gasteiger partial charge in [0.2, 0.25) is 0 Å². The van der Waals surface area contributed by atoms with Crippen molar-refractivity contribution in [3.8, 4) is 29.3 Å². The molecule has 50 heavy (non-hydrogen) atoms. The van der Waals surface area contributed by atoms with Crippen LogP contribution in [0, 0.1) is 23.5 Å². The van der Waals surface area contributed by atoms with Crippen LogP contribution >= 0.6 is 61.3 Å². The zero-order valence-electron chi connectivity index (χ0n) is 31.2. The molecule has 0 amide bonds. The van der Waals surface area contributed by atoms with Crippen molar-refractivity contribution in [2.75, 3.05) is 0 Å². The maximum Gasteiger partial charge on any atom is 0.143 e. The molecule has 0 saturated carbocycles. The molecule has 278 valence electrons. The summed E-state index contributed by atoms with van der Waals surface area (Å²) in [5.74, 6) is 0.621. The van der Waals surface area contributed by atoms with Crippen molar-refractivity contribution in [2.24, 2.45) is 11.8 Å². The molecule has 0 radical (unpaired) electrons. The van der Waals surface area contributed by atoms with E-state index >= 15 is 8.78 Å². The molecule has 0 nitrogen and oxygen atoms in total. The van der Waals surface area contributed by atoms with Crippen LogP contribution in [-0.2, 0) is 12.8 Å². The van der Waals surface area contributed by atoms with Crippen molar-refractivity contribution in [1.82, 2.24) is 0 Å². The van der Waals surface area contributed by atoms with Crippen LogP contribution in [0.5, 0.6) is 0 Å². The lowest BCUT2D eigenvalue weighted by atomic mass is 9.89. The topological polar surface area (TPSA) is 0 Å². The van der Waals surface area contributed by atoms with Gasteiger partial charge in [-0.2, -0.15) is 0 Å². The molecule has 0 aromatic carbocycles. The van der Waals surface area contributed by atoms with Crippen LogP contribution in [0.1, 0.15) is 161 Å². The van der Waals surface area contributed by atoms with Gasteiger partial charge in [0, 0.05) is 19.5 Å². The van der Waals surface area contributed by atoms with Gasteiger partial charge in [-0.25, -0.2) is 8.78 Å². The van der Waals surface area contributed by atoms with Gasteiger partial charge in [0.15, 0.2) is 0 Å². The van der Waals surface area contributed by atoms with Crippen LogP contribution in [0.25, 0.3) is 29.3 Å². The molecule has 0 N–H and O–H groups in total. The Morgan fingerprint density at radius 2 is 1.06 bits per heavy atom. The zero-order valence-corrected chi connectivity index (χ0v) is 36.0. The van der Waals surface area contributed by atoms with Gasteiger partial charge in [0.1, 0.15) is 11.6 Å². The highest BCUT2D eigenvalue weighted by molar-refractivity contribution is 9.11. The van der Waals surface area contributed by atoms with E-state index in [1.807, 2.05) is 0 Å². The minimum Gasteiger partial charge on any atom is -0.205 e. The first-order valence-electron chi connectivity index (χ1n) is 19.8. The quantitative estimate of drug-likeness (QED) is 0.0554. The molecule has 0 aliphatic rings. The molecule has 7 heteroatoms. The number of hydrogen-bond acceptors (Lipinski definition) is 4. The molecule has 0 aliphatic carbocycles. The smallest absolute Gasteiger partial charge is 0.143 e. The van der Waals surface area contributed by atoms with Crippen LogP contribution in [0.2, 0.25) is 0 Å². The average molecular weight is 824 g/mol. The summed E-state index contributed by atoms with van der Waals surface area (Å²) in [5.41, 5.74) is 2.61. The number of thiophene rings is 4. The monoisotopic (exact) mass is 822 g/mol. The molecule has 0 spiro atoms. The molecule has 4 rings (SSSR count). The highest BCUT2D eigenvalue weighted by Gasteiger charge is 2.24. The molecule has 4 heterocycles. The van der Waals surface area contributed by atoms with E-state index in [2.05, 4.69) is 61.1 Å². The van der Waals surface area contributed by atoms with Crippen molar-refractivity contribution >= 4 is 61.3 Å². The lowest BCUT2D eigenvalue weighted by Gasteiger charge is -2.17. The SMILES string of the molecule is CCCCCCCCC(C)Cc1ccsc1-c1cc(F)c(-c2sc(-c3sc(Br)cc3CC(CCCCCC)CCCCCCCC)cc2F)s1. The Labute approximate surface area is 327 Å². The van der Waals surface area contributed by atoms with Gasteiger partial charge in [-0.05, 0) is 81.4 Å². The van der Waals surface area contributed by atoms with E-state index in [1.54, 1.807) is 34.8 Å². The Bertz CT molecular complexity index is 1510. The molecule has 4 aromatic rings. The van der Waals surface area contributed by atoms with Crippen molar-refractivity contribution < 1.29 is 8.78 Å². The maximum atomic E-state index is 15.8. The second kappa shape index (κ2) is 23.0. The molecule has 0 saturated heterocycles. The number of halogens is 3. The third-order valence-electron chi connectivity index (χ3n) is 10.1. The summed E-state index contributed by atoms with van der Waals surface area (Å²) in [6, 6.07) is 7.77. The van der Waals surface area contributed by atoms with Crippen LogP contribution in [0.15, 0.2) is 33.4 Å². The molecule has 4 aromatic heterocycles. The number of hydrogen-bond donors (Lipinski definition) is 0.